The molecule has 16 heavy (non-hydrogen) atoms. The van der Waals surface area contributed by atoms with Crippen LogP contribution >= 0.6 is 0 Å². The van der Waals surface area contributed by atoms with E-state index in [9.17, 15) is 14.4 Å². The molecule has 1 aliphatic heterocycles. The molecule has 0 aromatic rings. The quantitative estimate of drug-likeness (QED) is 0.664. The van der Waals surface area contributed by atoms with E-state index in [0.29, 0.717) is 12.8 Å². The van der Waals surface area contributed by atoms with Gasteiger partial charge < -0.3 is 0 Å². The molecule has 4 nitrogen and oxygen atoms in total. The number of imide groups is 1. The minimum absolute atomic E-state index is 0.0326. The second kappa shape index (κ2) is 5.23. The summed E-state index contributed by atoms with van der Waals surface area (Å²) in [5.74, 6) is -0.338. The van der Waals surface area contributed by atoms with Gasteiger partial charge in [-0.3, -0.25) is 19.3 Å². The van der Waals surface area contributed by atoms with Gasteiger partial charge in [0.15, 0.2) is 0 Å². The molecule has 0 spiro atoms. The number of nitrogens with zero attached hydrogens (tertiary/aromatic N) is 1. The van der Waals surface area contributed by atoms with Crippen molar-refractivity contribution in [3.05, 3.63) is 0 Å². The zero-order chi connectivity index (χ0) is 12.3. The van der Waals surface area contributed by atoms with E-state index in [-0.39, 0.29) is 42.4 Å². The molecule has 4 heteroatoms. The first-order valence-electron chi connectivity index (χ1n) is 5.84. The number of ketones is 1. The Labute approximate surface area is 96.0 Å². The zero-order valence-electron chi connectivity index (χ0n) is 10.2. The van der Waals surface area contributed by atoms with Gasteiger partial charge in [0.1, 0.15) is 5.78 Å². The Morgan fingerprint density at radius 1 is 1.44 bits per heavy atom. The summed E-state index contributed by atoms with van der Waals surface area (Å²) in [6, 6.07) is 0. The Kier molecular flexibility index (Phi) is 4.21. The molecule has 0 radical (unpaired) electrons. The number of amides is 2. The van der Waals surface area contributed by atoms with Gasteiger partial charge in [0.05, 0.1) is 0 Å². The number of Topliss-reactive ketones (excluding diaryl/α,β-unsaturated/α-hetero) is 1. The summed E-state index contributed by atoms with van der Waals surface area (Å²) >= 11 is 0. The summed E-state index contributed by atoms with van der Waals surface area (Å²) in [6.45, 7) is 5.80. The first kappa shape index (κ1) is 12.9. The first-order chi connectivity index (χ1) is 7.47. The van der Waals surface area contributed by atoms with Crippen LogP contribution in [0.2, 0.25) is 0 Å². The van der Waals surface area contributed by atoms with Crippen LogP contribution in [0.25, 0.3) is 0 Å². The summed E-state index contributed by atoms with van der Waals surface area (Å²) in [5.41, 5.74) is 0. The van der Waals surface area contributed by atoms with Gasteiger partial charge in [0.25, 0.3) is 0 Å². The number of hydrogen-bond donors (Lipinski definition) is 0. The fourth-order valence-corrected chi connectivity index (χ4v) is 1.82. The zero-order valence-corrected chi connectivity index (χ0v) is 10.2. The van der Waals surface area contributed by atoms with Crippen molar-refractivity contribution < 1.29 is 14.4 Å². The molecular formula is C12H19NO3. The Morgan fingerprint density at radius 3 is 2.50 bits per heavy atom. The van der Waals surface area contributed by atoms with Crippen LogP contribution in [0.5, 0.6) is 0 Å². The highest BCUT2D eigenvalue weighted by Crippen LogP contribution is 2.22. The predicted molar refractivity (Wildman–Crippen MR) is 59.6 cm³/mol. The van der Waals surface area contributed by atoms with Crippen molar-refractivity contribution in [3.63, 3.8) is 0 Å². The molecule has 1 aliphatic rings. The van der Waals surface area contributed by atoms with Crippen LogP contribution in [0.1, 0.15) is 40.0 Å². The summed E-state index contributed by atoms with van der Waals surface area (Å²) in [5, 5.41) is 0. The summed E-state index contributed by atoms with van der Waals surface area (Å²) in [6.07, 6.45) is 1.29. The SMILES string of the molecule is CCC1CC(=O)N(CCC(=O)C(C)C)C1=O. The summed E-state index contributed by atoms with van der Waals surface area (Å²) in [4.78, 5) is 35.9. The highest BCUT2D eigenvalue weighted by Gasteiger charge is 2.37. The standard InChI is InChI=1S/C12H19NO3/c1-4-9-7-11(15)13(12(9)16)6-5-10(14)8(2)3/h8-9H,4-7H2,1-3H3. The molecular weight excluding hydrogens is 206 g/mol. The van der Waals surface area contributed by atoms with Crippen molar-refractivity contribution >= 4 is 17.6 Å². The Balaban J connectivity index is 2.52. The maximum atomic E-state index is 11.7. The monoisotopic (exact) mass is 225 g/mol. The van der Waals surface area contributed by atoms with E-state index >= 15 is 0 Å². The van der Waals surface area contributed by atoms with Crippen LogP contribution in [-0.2, 0) is 14.4 Å². The minimum atomic E-state index is -0.165. The normalized spacial score (nSPS) is 21.0. The third-order valence-corrected chi connectivity index (χ3v) is 3.06. The molecule has 1 saturated heterocycles. The van der Waals surface area contributed by atoms with Crippen molar-refractivity contribution in [1.29, 1.82) is 0 Å². The third kappa shape index (κ3) is 2.68. The van der Waals surface area contributed by atoms with E-state index < -0.39 is 0 Å². The number of rotatable bonds is 5. The highest BCUT2D eigenvalue weighted by atomic mass is 16.2. The highest BCUT2D eigenvalue weighted by molar-refractivity contribution is 6.03. The fraction of sp³-hybridized carbons (Fsp3) is 0.750. The second-order valence-corrected chi connectivity index (χ2v) is 4.56. The van der Waals surface area contributed by atoms with Crippen molar-refractivity contribution in [2.24, 2.45) is 11.8 Å². The molecule has 1 rings (SSSR count). The predicted octanol–water partition coefficient (Wildman–Crippen LogP) is 1.39. The maximum absolute atomic E-state index is 11.7. The molecule has 0 aromatic heterocycles. The number of hydrogen-bond acceptors (Lipinski definition) is 3. The molecule has 0 aliphatic carbocycles. The summed E-state index contributed by atoms with van der Waals surface area (Å²) in [7, 11) is 0. The van der Waals surface area contributed by atoms with Crippen LogP contribution < -0.4 is 0 Å². The van der Waals surface area contributed by atoms with Crippen LogP contribution in [0, 0.1) is 11.8 Å². The molecule has 90 valence electrons. The molecule has 1 unspecified atom stereocenters. The third-order valence-electron chi connectivity index (χ3n) is 3.06. The average Bonchev–Trinajstić information content (AvgIpc) is 2.51. The van der Waals surface area contributed by atoms with E-state index in [1.54, 1.807) is 0 Å². The topological polar surface area (TPSA) is 54.5 Å². The lowest BCUT2D eigenvalue weighted by molar-refractivity contribution is -0.139. The van der Waals surface area contributed by atoms with Gasteiger partial charge in [-0.05, 0) is 6.42 Å². The van der Waals surface area contributed by atoms with Crippen molar-refractivity contribution in [1.82, 2.24) is 4.90 Å². The van der Waals surface area contributed by atoms with Crippen LogP contribution in [0.3, 0.4) is 0 Å². The van der Waals surface area contributed by atoms with Crippen molar-refractivity contribution in [3.8, 4) is 0 Å². The van der Waals surface area contributed by atoms with E-state index in [4.69, 9.17) is 0 Å². The van der Waals surface area contributed by atoms with Gasteiger partial charge in [-0.2, -0.15) is 0 Å². The molecule has 0 N–H and O–H groups in total. The molecule has 1 atom stereocenters. The van der Waals surface area contributed by atoms with Crippen LogP contribution in [-0.4, -0.2) is 29.0 Å². The molecule has 1 fully saturated rings. The Hall–Kier alpha value is -1.19. The maximum Gasteiger partial charge on any atom is 0.232 e. The smallest absolute Gasteiger partial charge is 0.232 e. The Bertz CT molecular complexity index is 309. The fourth-order valence-electron chi connectivity index (χ4n) is 1.82. The molecule has 1 heterocycles. The van der Waals surface area contributed by atoms with Gasteiger partial charge in [0, 0.05) is 31.2 Å². The van der Waals surface area contributed by atoms with Crippen molar-refractivity contribution in [2.45, 2.75) is 40.0 Å². The van der Waals surface area contributed by atoms with E-state index in [0.717, 1.165) is 0 Å². The molecule has 0 saturated carbocycles. The van der Waals surface area contributed by atoms with E-state index in [2.05, 4.69) is 0 Å². The largest absolute Gasteiger partial charge is 0.299 e. The van der Waals surface area contributed by atoms with E-state index in [1.807, 2.05) is 20.8 Å². The summed E-state index contributed by atoms with van der Waals surface area (Å²) < 4.78 is 0. The van der Waals surface area contributed by atoms with Gasteiger partial charge in [-0.1, -0.05) is 20.8 Å². The van der Waals surface area contributed by atoms with Crippen LogP contribution in [0.4, 0.5) is 0 Å². The van der Waals surface area contributed by atoms with E-state index in [1.165, 1.54) is 4.90 Å². The lowest BCUT2D eigenvalue weighted by Crippen LogP contribution is -2.33. The van der Waals surface area contributed by atoms with Crippen LogP contribution in [0.15, 0.2) is 0 Å². The first-order valence-corrected chi connectivity index (χ1v) is 5.84. The number of carbonyl (C=O) groups is 3. The van der Waals surface area contributed by atoms with Gasteiger partial charge >= 0.3 is 0 Å². The van der Waals surface area contributed by atoms with Gasteiger partial charge in [-0.25, -0.2) is 0 Å². The lowest BCUT2D eigenvalue weighted by atomic mass is 10.1. The molecule has 2 amide bonds. The molecule has 0 aromatic carbocycles. The average molecular weight is 225 g/mol. The lowest BCUT2D eigenvalue weighted by Gasteiger charge is -2.14. The number of likely N-dealkylation sites (tertiary alicyclic amines) is 1. The van der Waals surface area contributed by atoms with Crippen molar-refractivity contribution in [2.75, 3.05) is 6.54 Å². The second-order valence-electron chi connectivity index (χ2n) is 4.56. The minimum Gasteiger partial charge on any atom is -0.299 e. The van der Waals surface area contributed by atoms with Gasteiger partial charge in [-0.15, -0.1) is 0 Å². The number of carbonyl (C=O) groups excluding carboxylic acids is 3. The Morgan fingerprint density at radius 2 is 2.06 bits per heavy atom. The van der Waals surface area contributed by atoms with Gasteiger partial charge in [0.2, 0.25) is 11.8 Å². The molecule has 0 bridgehead atoms.